The zero-order chi connectivity index (χ0) is 5.86. The van der Waals surface area contributed by atoms with Crippen molar-refractivity contribution in [2.24, 2.45) is 5.73 Å². The van der Waals surface area contributed by atoms with Gasteiger partial charge in [-0.2, -0.15) is 0 Å². The molecule has 1 atom stereocenters. The Kier molecular flexibility index (Phi) is 6.48. The van der Waals surface area contributed by atoms with E-state index < -0.39 is 12.0 Å². The number of aliphatic carboxylic acids is 1. The van der Waals surface area contributed by atoms with Crippen LogP contribution in [0.15, 0.2) is 0 Å². The minimum atomic E-state index is -1.18. The van der Waals surface area contributed by atoms with Crippen LogP contribution in [0.1, 0.15) is 13.3 Å². The second kappa shape index (κ2) is 4.87. The van der Waals surface area contributed by atoms with Crippen molar-refractivity contribution < 1.29 is 9.90 Å². The molecule has 3 nitrogen and oxygen atoms in total. The maximum Gasteiger partial charge on any atom is 0.0582 e. The van der Waals surface area contributed by atoms with Gasteiger partial charge in [-0.1, -0.05) is 6.92 Å². The lowest BCUT2D eigenvalue weighted by atomic mass is 10.2. The van der Waals surface area contributed by atoms with Gasteiger partial charge in [0.1, 0.15) is 0 Å². The molecule has 0 aromatic carbocycles. The van der Waals surface area contributed by atoms with Crippen molar-refractivity contribution in [1.29, 1.82) is 0 Å². The fourth-order valence-corrected chi connectivity index (χ4v) is 0.167. The summed E-state index contributed by atoms with van der Waals surface area (Å²) in [4.78, 5) is 9.69. The Morgan fingerprint density at radius 1 is 1.88 bits per heavy atom. The second-order valence-corrected chi connectivity index (χ2v) is 1.33. The molecule has 0 aliphatic rings. The van der Waals surface area contributed by atoms with Crippen LogP contribution in [0.5, 0.6) is 0 Å². The lowest BCUT2D eigenvalue weighted by molar-refractivity contribution is -0.307. The number of hydrogen-bond acceptors (Lipinski definition) is 3. The van der Waals surface area contributed by atoms with E-state index >= 15 is 0 Å². The fourth-order valence-electron chi connectivity index (χ4n) is 0.167. The predicted octanol–water partition coefficient (Wildman–Crippen LogP) is -1.10. The number of carboxylic acids is 1. The van der Waals surface area contributed by atoms with Gasteiger partial charge in [0.25, 0.3) is 0 Å². The molecule has 2 N–H and O–H groups in total. The molecule has 1 unspecified atom stereocenters. The number of carbonyl (C=O) groups excluding carboxylic acids is 1. The van der Waals surface area contributed by atoms with Crippen LogP contribution in [0, 0.1) is 0 Å². The Morgan fingerprint density at radius 2 is 2.25 bits per heavy atom. The summed E-state index contributed by atoms with van der Waals surface area (Å²) in [6.07, 6.45) is 0.433. The quantitative estimate of drug-likeness (QED) is 0.527. The first-order valence-electron chi connectivity index (χ1n) is 2.15. The molecule has 0 aliphatic carbocycles. The van der Waals surface area contributed by atoms with Crippen LogP contribution in [-0.4, -0.2) is 12.0 Å². The van der Waals surface area contributed by atoms with E-state index in [0.717, 1.165) is 0 Å². The highest BCUT2D eigenvalue weighted by atomic mass is 35.5. The Morgan fingerprint density at radius 3 is 2.25 bits per heavy atom. The zero-order valence-electron chi connectivity index (χ0n) is 4.59. The molecular formula is C4H9ClNO2-. The number of rotatable bonds is 2. The van der Waals surface area contributed by atoms with Gasteiger partial charge < -0.3 is 15.6 Å². The van der Waals surface area contributed by atoms with E-state index in [4.69, 9.17) is 5.73 Å². The zero-order valence-corrected chi connectivity index (χ0v) is 5.40. The van der Waals surface area contributed by atoms with E-state index in [1.165, 1.54) is 0 Å². The smallest absolute Gasteiger partial charge is 0.0582 e. The third kappa shape index (κ3) is 3.89. The molecule has 0 radical (unpaired) electrons. The Balaban J connectivity index is 0. The lowest BCUT2D eigenvalue weighted by Crippen LogP contribution is -2.41. The van der Waals surface area contributed by atoms with Crippen LogP contribution in [0.25, 0.3) is 0 Å². The number of halogens is 1. The van der Waals surface area contributed by atoms with E-state index in [9.17, 15) is 9.90 Å². The SMILES string of the molecule is CCC(N)C(=O)[O-].Cl. The highest BCUT2D eigenvalue weighted by Gasteiger charge is 1.94. The van der Waals surface area contributed by atoms with Gasteiger partial charge in [0, 0.05) is 6.04 Å². The first-order chi connectivity index (χ1) is 3.18. The van der Waals surface area contributed by atoms with Crippen LogP contribution < -0.4 is 10.8 Å². The lowest BCUT2D eigenvalue weighted by Gasteiger charge is -2.06. The molecular weight excluding hydrogens is 130 g/mol. The average Bonchev–Trinajstić information content (AvgIpc) is 1.65. The van der Waals surface area contributed by atoms with Crippen molar-refractivity contribution >= 4 is 18.4 Å². The molecule has 0 saturated heterocycles. The highest BCUT2D eigenvalue weighted by molar-refractivity contribution is 5.85. The van der Waals surface area contributed by atoms with Gasteiger partial charge in [0.2, 0.25) is 0 Å². The molecule has 4 heteroatoms. The summed E-state index contributed by atoms with van der Waals surface area (Å²) in [6.45, 7) is 1.69. The highest BCUT2D eigenvalue weighted by Crippen LogP contribution is 1.79. The van der Waals surface area contributed by atoms with Crippen LogP contribution in [-0.2, 0) is 4.79 Å². The van der Waals surface area contributed by atoms with Gasteiger partial charge in [-0.25, -0.2) is 0 Å². The van der Waals surface area contributed by atoms with Crippen LogP contribution in [0.3, 0.4) is 0 Å². The van der Waals surface area contributed by atoms with Gasteiger partial charge >= 0.3 is 0 Å². The van der Waals surface area contributed by atoms with Gasteiger partial charge in [0.15, 0.2) is 0 Å². The number of carboxylic acid groups (broad SMARTS) is 1. The Labute approximate surface area is 54.3 Å². The monoisotopic (exact) mass is 138 g/mol. The fraction of sp³-hybridized carbons (Fsp3) is 0.750. The molecule has 0 bridgehead atoms. The largest absolute Gasteiger partial charge is 0.548 e. The third-order valence-electron chi connectivity index (χ3n) is 0.743. The van der Waals surface area contributed by atoms with Gasteiger partial charge in [-0.15, -0.1) is 12.4 Å². The second-order valence-electron chi connectivity index (χ2n) is 1.33. The van der Waals surface area contributed by atoms with Crippen molar-refractivity contribution in [2.45, 2.75) is 19.4 Å². The van der Waals surface area contributed by atoms with Crippen molar-refractivity contribution in [3.63, 3.8) is 0 Å². The van der Waals surface area contributed by atoms with Crippen molar-refractivity contribution in [2.75, 3.05) is 0 Å². The van der Waals surface area contributed by atoms with Crippen molar-refractivity contribution in [3.8, 4) is 0 Å². The Hall–Kier alpha value is -0.280. The molecule has 0 rings (SSSR count). The molecule has 0 spiro atoms. The molecule has 0 heterocycles. The summed E-state index contributed by atoms with van der Waals surface area (Å²) in [5.74, 6) is -1.18. The maximum atomic E-state index is 9.69. The number of nitrogens with two attached hydrogens (primary N) is 1. The predicted molar refractivity (Wildman–Crippen MR) is 30.5 cm³/mol. The van der Waals surface area contributed by atoms with Gasteiger partial charge in [-0.05, 0) is 6.42 Å². The average molecular weight is 139 g/mol. The van der Waals surface area contributed by atoms with E-state index in [1.807, 2.05) is 0 Å². The topological polar surface area (TPSA) is 66.2 Å². The summed E-state index contributed by atoms with van der Waals surface area (Å²) < 4.78 is 0. The first-order valence-corrected chi connectivity index (χ1v) is 2.15. The molecule has 0 aliphatic heterocycles. The van der Waals surface area contributed by atoms with Crippen molar-refractivity contribution in [3.05, 3.63) is 0 Å². The Bertz CT molecular complexity index is 76.4. The summed E-state index contributed by atoms with van der Waals surface area (Å²) in [5, 5.41) is 9.69. The number of carbonyl (C=O) groups is 1. The molecule has 0 saturated carbocycles. The molecule has 0 aromatic heterocycles. The van der Waals surface area contributed by atoms with Crippen molar-refractivity contribution in [1.82, 2.24) is 0 Å². The minimum Gasteiger partial charge on any atom is -0.548 e. The maximum absolute atomic E-state index is 9.69. The first kappa shape index (κ1) is 10.7. The van der Waals surface area contributed by atoms with Crippen LogP contribution in [0.4, 0.5) is 0 Å². The van der Waals surface area contributed by atoms with Crippen LogP contribution >= 0.6 is 12.4 Å². The third-order valence-corrected chi connectivity index (χ3v) is 0.743. The molecule has 8 heavy (non-hydrogen) atoms. The molecule has 0 aromatic rings. The van der Waals surface area contributed by atoms with E-state index in [0.29, 0.717) is 6.42 Å². The summed E-state index contributed by atoms with van der Waals surface area (Å²) >= 11 is 0. The number of hydrogen-bond donors (Lipinski definition) is 1. The van der Waals surface area contributed by atoms with Crippen LogP contribution in [0.2, 0.25) is 0 Å². The van der Waals surface area contributed by atoms with E-state index in [-0.39, 0.29) is 12.4 Å². The summed E-state index contributed by atoms with van der Waals surface area (Å²) in [7, 11) is 0. The van der Waals surface area contributed by atoms with E-state index in [1.54, 1.807) is 6.92 Å². The molecule has 0 amide bonds. The van der Waals surface area contributed by atoms with E-state index in [2.05, 4.69) is 0 Å². The molecule has 50 valence electrons. The minimum absolute atomic E-state index is 0. The summed E-state index contributed by atoms with van der Waals surface area (Å²) in [6, 6.07) is -0.792. The van der Waals surface area contributed by atoms with Gasteiger partial charge in [-0.3, -0.25) is 0 Å². The standard InChI is InChI=1S/C4H9NO2.ClH/c1-2-3(5)4(6)7;/h3H,2,5H2,1H3,(H,6,7);1H/p-1. The van der Waals surface area contributed by atoms with Gasteiger partial charge in [0.05, 0.1) is 5.97 Å². The normalized spacial score (nSPS) is 11.8. The summed E-state index contributed by atoms with van der Waals surface area (Å²) in [5.41, 5.74) is 4.95. The molecule has 0 fully saturated rings.